The third kappa shape index (κ3) is 3.88. The van der Waals surface area contributed by atoms with Gasteiger partial charge in [-0.1, -0.05) is 13.0 Å². The van der Waals surface area contributed by atoms with Gasteiger partial charge in [-0.3, -0.25) is 9.88 Å². The molecule has 0 spiro atoms. The van der Waals surface area contributed by atoms with Gasteiger partial charge < -0.3 is 9.64 Å². The van der Waals surface area contributed by atoms with Gasteiger partial charge in [-0.05, 0) is 49.2 Å². The molecule has 1 saturated heterocycles. The van der Waals surface area contributed by atoms with Crippen LogP contribution in [0.2, 0.25) is 0 Å². The number of rotatable bonds is 5. The average molecular weight is 325 g/mol. The van der Waals surface area contributed by atoms with E-state index >= 15 is 0 Å². The highest BCUT2D eigenvalue weighted by Gasteiger charge is 2.24. The maximum absolute atomic E-state index is 5.24. The minimum Gasteiger partial charge on any atom is -0.497 e. The summed E-state index contributed by atoms with van der Waals surface area (Å²) < 4.78 is 5.24. The van der Waals surface area contributed by atoms with E-state index in [-0.39, 0.29) is 0 Å². The Balaban J connectivity index is 1.59. The van der Waals surface area contributed by atoms with Crippen molar-refractivity contribution >= 4 is 5.69 Å². The van der Waals surface area contributed by atoms with Gasteiger partial charge in [0.05, 0.1) is 12.8 Å². The van der Waals surface area contributed by atoms with Crippen molar-refractivity contribution in [1.29, 1.82) is 0 Å². The fourth-order valence-electron chi connectivity index (χ4n) is 3.22. The number of hydrogen-bond donors (Lipinski definition) is 0. The van der Waals surface area contributed by atoms with E-state index in [1.54, 1.807) is 7.11 Å². The van der Waals surface area contributed by atoms with Gasteiger partial charge in [0, 0.05) is 44.1 Å². The topological polar surface area (TPSA) is 28.6 Å². The minimum atomic E-state index is 0.508. The van der Waals surface area contributed by atoms with Crippen LogP contribution in [0.4, 0.5) is 5.69 Å². The fraction of sp³-hybridized carbons (Fsp3) is 0.450. The molecule has 1 aliphatic heterocycles. The Morgan fingerprint density at radius 2 is 1.92 bits per heavy atom. The monoisotopic (exact) mass is 325 g/mol. The predicted octanol–water partition coefficient (Wildman–Crippen LogP) is 3.36. The molecule has 0 saturated carbocycles. The van der Waals surface area contributed by atoms with E-state index in [2.05, 4.69) is 52.9 Å². The quantitative estimate of drug-likeness (QED) is 0.843. The van der Waals surface area contributed by atoms with Crippen molar-refractivity contribution in [3.8, 4) is 5.75 Å². The highest BCUT2D eigenvalue weighted by atomic mass is 16.5. The maximum atomic E-state index is 5.24. The summed E-state index contributed by atoms with van der Waals surface area (Å²) in [4.78, 5) is 9.58. The first-order chi connectivity index (χ1) is 11.7. The number of piperazine rings is 1. The Hall–Kier alpha value is -2.07. The second kappa shape index (κ2) is 7.67. The Morgan fingerprint density at radius 1 is 1.12 bits per heavy atom. The summed E-state index contributed by atoms with van der Waals surface area (Å²) in [7, 11) is 1.71. The molecule has 3 rings (SSSR count). The molecule has 24 heavy (non-hydrogen) atoms. The zero-order valence-electron chi connectivity index (χ0n) is 14.9. The van der Waals surface area contributed by atoms with Gasteiger partial charge in [0.1, 0.15) is 5.75 Å². The molecule has 0 bridgehead atoms. The number of ether oxygens (including phenoxy) is 1. The molecule has 1 fully saturated rings. The minimum absolute atomic E-state index is 0.508. The molecular weight excluding hydrogens is 298 g/mol. The smallest absolute Gasteiger partial charge is 0.119 e. The molecule has 0 aliphatic carbocycles. The molecule has 1 aromatic heterocycles. The molecule has 4 nitrogen and oxygen atoms in total. The van der Waals surface area contributed by atoms with E-state index in [1.807, 2.05) is 18.3 Å². The second-order valence-corrected chi connectivity index (χ2v) is 6.47. The van der Waals surface area contributed by atoms with Crippen LogP contribution in [-0.2, 0) is 13.0 Å². The Kier molecular flexibility index (Phi) is 5.36. The molecule has 2 aromatic rings. The molecule has 0 N–H and O–H groups in total. The van der Waals surface area contributed by atoms with E-state index in [9.17, 15) is 0 Å². The average Bonchev–Trinajstić information content (AvgIpc) is 2.64. The zero-order chi connectivity index (χ0) is 16.9. The summed E-state index contributed by atoms with van der Waals surface area (Å²) in [6, 6.07) is 13.2. The van der Waals surface area contributed by atoms with Crippen LogP contribution < -0.4 is 9.64 Å². The van der Waals surface area contributed by atoms with Gasteiger partial charge in [0.15, 0.2) is 0 Å². The van der Waals surface area contributed by atoms with E-state index in [0.717, 1.165) is 44.0 Å². The SMILES string of the molecule is CCc1ccc(CN2CCN(c3ccc(OC)cc3)C[C@H]2C)nc1. The van der Waals surface area contributed by atoms with E-state index < -0.39 is 0 Å². The molecule has 0 amide bonds. The maximum Gasteiger partial charge on any atom is 0.119 e. The van der Waals surface area contributed by atoms with Gasteiger partial charge in [-0.2, -0.15) is 0 Å². The van der Waals surface area contributed by atoms with Crippen molar-refractivity contribution in [2.45, 2.75) is 32.9 Å². The highest BCUT2D eigenvalue weighted by Crippen LogP contribution is 2.23. The van der Waals surface area contributed by atoms with Crippen molar-refractivity contribution in [3.63, 3.8) is 0 Å². The van der Waals surface area contributed by atoms with Crippen molar-refractivity contribution in [2.24, 2.45) is 0 Å². The van der Waals surface area contributed by atoms with Gasteiger partial charge in [-0.25, -0.2) is 0 Å². The molecule has 0 unspecified atom stereocenters. The van der Waals surface area contributed by atoms with Crippen molar-refractivity contribution in [3.05, 3.63) is 53.9 Å². The van der Waals surface area contributed by atoms with E-state index in [4.69, 9.17) is 4.74 Å². The van der Waals surface area contributed by atoms with Crippen LogP contribution in [0.1, 0.15) is 25.1 Å². The molecule has 2 heterocycles. The molecule has 1 aromatic carbocycles. The van der Waals surface area contributed by atoms with Crippen LogP contribution in [0.5, 0.6) is 5.75 Å². The lowest BCUT2D eigenvalue weighted by Gasteiger charge is -2.41. The van der Waals surface area contributed by atoms with Gasteiger partial charge in [0.25, 0.3) is 0 Å². The Labute approximate surface area is 145 Å². The van der Waals surface area contributed by atoms with Crippen LogP contribution in [-0.4, -0.2) is 42.7 Å². The number of aromatic nitrogens is 1. The standard InChI is InChI=1S/C20H27N3O/c1-4-17-5-6-18(21-13-17)15-22-11-12-23(14-16(22)2)19-7-9-20(24-3)10-8-19/h5-10,13,16H,4,11-12,14-15H2,1-3H3/t16-/m1/s1. The lowest BCUT2D eigenvalue weighted by molar-refractivity contribution is 0.179. The van der Waals surface area contributed by atoms with Crippen LogP contribution >= 0.6 is 0 Å². The Morgan fingerprint density at radius 3 is 2.50 bits per heavy atom. The van der Waals surface area contributed by atoms with Crippen LogP contribution in [0.25, 0.3) is 0 Å². The molecule has 1 atom stereocenters. The predicted molar refractivity (Wildman–Crippen MR) is 98.7 cm³/mol. The number of nitrogens with zero attached hydrogens (tertiary/aromatic N) is 3. The number of anilines is 1. The summed E-state index contributed by atoms with van der Waals surface area (Å²) in [5, 5.41) is 0. The van der Waals surface area contributed by atoms with Crippen LogP contribution in [0.15, 0.2) is 42.6 Å². The molecule has 0 radical (unpaired) electrons. The summed E-state index contributed by atoms with van der Waals surface area (Å²) >= 11 is 0. The lowest BCUT2D eigenvalue weighted by atomic mass is 10.1. The van der Waals surface area contributed by atoms with E-state index in [0.29, 0.717) is 6.04 Å². The lowest BCUT2D eigenvalue weighted by Crippen LogP contribution is -2.51. The number of methoxy groups -OCH3 is 1. The zero-order valence-corrected chi connectivity index (χ0v) is 14.9. The molecule has 128 valence electrons. The highest BCUT2D eigenvalue weighted by molar-refractivity contribution is 5.49. The molecule has 4 heteroatoms. The summed E-state index contributed by atoms with van der Waals surface area (Å²) in [6.07, 6.45) is 3.05. The third-order valence-electron chi connectivity index (χ3n) is 4.86. The fourth-order valence-corrected chi connectivity index (χ4v) is 3.22. The summed E-state index contributed by atoms with van der Waals surface area (Å²) in [5.41, 5.74) is 3.74. The first-order valence-corrected chi connectivity index (χ1v) is 8.76. The largest absolute Gasteiger partial charge is 0.497 e. The van der Waals surface area contributed by atoms with Crippen molar-refractivity contribution in [1.82, 2.24) is 9.88 Å². The summed E-state index contributed by atoms with van der Waals surface area (Å²) in [6.45, 7) is 8.54. The number of hydrogen-bond acceptors (Lipinski definition) is 4. The first-order valence-electron chi connectivity index (χ1n) is 8.76. The van der Waals surface area contributed by atoms with Gasteiger partial charge >= 0.3 is 0 Å². The Bertz CT molecular complexity index is 639. The van der Waals surface area contributed by atoms with Gasteiger partial charge in [0.2, 0.25) is 0 Å². The first kappa shape index (κ1) is 16.8. The van der Waals surface area contributed by atoms with Gasteiger partial charge in [-0.15, -0.1) is 0 Å². The van der Waals surface area contributed by atoms with Crippen LogP contribution in [0.3, 0.4) is 0 Å². The van der Waals surface area contributed by atoms with Crippen molar-refractivity contribution < 1.29 is 4.74 Å². The molecule has 1 aliphatic rings. The number of benzene rings is 1. The number of pyridine rings is 1. The van der Waals surface area contributed by atoms with Crippen molar-refractivity contribution in [2.75, 3.05) is 31.6 Å². The second-order valence-electron chi connectivity index (χ2n) is 6.47. The summed E-state index contributed by atoms with van der Waals surface area (Å²) in [5.74, 6) is 0.909. The number of aryl methyl sites for hydroxylation is 1. The third-order valence-corrected chi connectivity index (χ3v) is 4.86. The molecular formula is C20H27N3O. The normalized spacial score (nSPS) is 18.6. The van der Waals surface area contributed by atoms with Crippen LogP contribution in [0, 0.1) is 0 Å². The van der Waals surface area contributed by atoms with E-state index in [1.165, 1.54) is 11.3 Å².